The molecule has 0 unspecified atom stereocenters. The van der Waals surface area contributed by atoms with Gasteiger partial charge in [0, 0.05) is 27.6 Å². The summed E-state index contributed by atoms with van der Waals surface area (Å²) in [7, 11) is 0. The molecule has 0 radical (unpaired) electrons. The van der Waals surface area contributed by atoms with Crippen molar-refractivity contribution in [2.45, 2.75) is 33.0 Å². The summed E-state index contributed by atoms with van der Waals surface area (Å²) in [4.78, 5) is 23.7. The molecule has 0 saturated heterocycles. The van der Waals surface area contributed by atoms with Gasteiger partial charge in [0.05, 0.1) is 5.34 Å². The van der Waals surface area contributed by atoms with Crippen LogP contribution in [-0.4, -0.2) is 84.8 Å². The number of carbonyl (C=O) groups is 2. The Morgan fingerprint density at radius 3 is 1.01 bits per heavy atom. The topological polar surface area (TPSA) is 104 Å². The third kappa shape index (κ3) is 19.3. The molecule has 0 aliphatic heterocycles. The minimum Gasteiger partial charge on any atom is -0.490 e. The van der Waals surface area contributed by atoms with Gasteiger partial charge in [-0.25, -0.2) is 4.79 Å². The monoisotopic (exact) mass is 1020 g/mol. The first-order valence-electron chi connectivity index (χ1n) is 23.2. The van der Waals surface area contributed by atoms with E-state index in [2.05, 4.69) is 38.8 Å². The van der Waals surface area contributed by atoms with Gasteiger partial charge in [0.15, 0.2) is 6.10 Å². The van der Waals surface area contributed by atoms with Gasteiger partial charge in [-0.3, -0.25) is 4.79 Å². The number of hydrogen-bond donors (Lipinski definition) is 1. The van der Waals surface area contributed by atoms with Crippen LogP contribution in [0.5, 0.6) is 23.0 Å². The molecule has 0 aliphatic rings. The molecule has 71 heavy (non-hydrogen) atoms. The number of alkyl halides is 2. The highest BCUT2D eigenvalue weighted by molar-refractivity contribution is 6.66. The predicted octanol–water partition coefficient (Wildman–Crippen LogP) is 14.1. The Morgan fingerprint density at radius 2 is 0.761 bits per heavy atom. The van der Waals surface area contributed by atoms with E-state index in [-0.39, 0.29) is 31.8 Å². The quantitative estimate of drug-likeness (QED) is 0.0389. The molecule has 0 bridgehead atoms. The Bertz CT molecular complexity index is 2680. The number of allylic oxidation sites excluding steroid dienone is 1. The van der Waals surface area contributed by atoms with E-state index in [9.17, 15) is 14.7 Å². The Kier molecular flexibility index (Phi) is 25.9. The molecule has 9 nitrogen and oxygen atoms in total. The van der Waals surface area contributed by atoms with Crippen LogP contribution in [0, 0.1) is 0 Å². The molecule has 0 aromatic heterocycles. The fourth-order valence-electron chi connectivity index (χ4n) is 7.07. The van der Waals surface area contributed by atoms with Gasteiger partial charge in [-0.05, 0) is 83.1 Å². The molecule has 372 valence electrons. The van der Waals surface area contributed by atoms with Crippen LogP contribution in [0.1, 0.15) is 20.8 Å². The molecular weight excluding hydrogens is 957 g/mol. The van der Waals surface area contributed by atoms with Gasteiger partial charge in [-0.1, -0.05) is 180 Å². The van der Waals surface area contributed by atoms with Crippen LogP contribution >= 0.6 is 34.8 Å². The molecule has 0 spiro atoms. The number of benzene rings is 8. The molecule has 8 rings (SSSR count). The number of aliphatic hydroxyl groups is 1. The van der Waals surface area contributed by atoms with Crippen LogP contribution in [0.4, 0.5) is 0 Å². The Morgan fingerprint density at radius 1 is 0.493 bits per heavy atom. The molecule has 8 aromatic carbocycles. The predicted molar refractivity (Wildman–Crippen MR) is 295 cm³/mol. The average Bonchev–Trinajstić information content (AvgIpc) is 3.41. The number of aliphatic hydroxyl groups excluding tert-OH is 1. The van der Waals surface area contributed by atoms with Gasteiger partial charge in [0.2, 0.25) is 5.24 Å². The van der Waals surface area contributed by atoms with Crippen LogP contribution in [0.15, 0.2) is 195 Å². The summed E-state index contributed by atoms with van der Waals surface area (Å²) in [5.41, 5.74) is 0. The first-order chi connectivity index (χ1) is 34.6. The molecule has 0 atom stereocenters. The summed E-state index contributed by atoms with van der Waals surface area (Å²) < 4.78 is 29.1. The summed E-state index contributed by atoms with van der Waals surface area (Å²) in [6.45, 7) is 17.4. The number of ether oxygens (including phenoxy) is 5. The maximum absolute atomic E-state index is 11.8. The smallest absolute Gasteiger partial charge is 0.330 e. The van der Waals surface area contributed by atoms with Crippen molar-refractivity contribution >= 4 is 89.1 Å². The fraction of sp³-hybridized carbons (Fsp3) is 0.220. The normalized spacial score (nSPS) is 10.4. The van der Waals surface area contributed by atoms with Crippen molar-refractivity contribution in [2.75, 3.05) is 51.4 Å². The lowest BCUT2D eigenvalue weighted by atomic mass is 10.1. The maximum Gasteiger partial charge on any atom is 0.330 e. The number of halogens is 3. The summed E-state index contributed by atoms with van der Waals surface area (Å²) in [5.74, 6) is 2.50. The van der Waals surface area contributed by atoms with Gasteiger partial charge in [0.25, 0.3) is 0 Å². The lowest BCUT2D eigenvalue weighted by Gasteiger charge is -2.19. The average molecular weight is 1020 g/mol. The zero-order valence-corrected chi connectivity index (χ0v) is 42.7. The lowest BCUT2D eigenvalue weighted by molar-refractivity contribution is -0.146. The van der Waals surface area contributed by atoms with Crippen molar-refractivity contribution in [3.8, 4) is 23.0 Å². The second-order valence-electron chi connectivity index (χ2n) is 15.3. The van der Waals surface area contributed by atoms with Crippen molar-refractivity contribution in [2.24, 2.45) is 0 Å². The fourth-order valence-corrected chi connectivity index (χ4v) is 7.07. The number of hydrogen-bond acceptors (Lipinski definition) is 9. The third-order valence-corrected chi connectivity index (χ3v) is 10.8. The highest BCUT2D eigenvalue weighted by Crippen LogP contribution is 2.29. The first kappa shape index (κ1) is 57.0. The van der Waals surface area contributed by atoms with Gasteiger partial charge >= 0.3 is 5.97 Å². The van der Waals surface area contributed by atoms with Crippen LogP contribution in [0.2, 0.25) is 0 Å². The molecule has 1 N–H and O–H groups in total. The highest BCUT2D eigenvalue weighted by Gasteiger charge is 2.17. The maximum atomic E-state index is 11.8. The summed E-state index contributed by atoms with van der Waals surface area (Å²) in [6, 6.07) is 55.6. The second kappa shape index (κ2) is 32.3. The van der Waals surface area contributed by atoms with Gasteiger partial charge in [-0.2, -0.15) is 0 Å². The minimum atomic E-state index is -0.715. The van der Waals surface area contributed by atoms with Crippen molar-refractivity contribution in [1.82, 2.24) is 4.90 Å². The molecular formula is C59H62Cl3NO8. The van der Waals surface area contributed by atoms with E-state index in [1.54, 1.807) is 0 Å². The van der Waals surface area contributed by atoms with Gasteiger partial charge < -0.3 is 33.7 Å². The van der Waals surface area contributed by atoms with E-state index in [1.165, 1.54) is 19.6 Å². The van der Waals surface area contributed by atoms with Crippen LogP contribution in [0.3, 0.4) is 0 Å². The van der Waals surface area contributed by atoms with Crippen molar-refractivity contribution in [1.29, 1.82) is 0 Å². The molecule has 12 heteroatoms. The van der Waals surface area contributed by atoms with Gasteiger partial charge in [-0.15, -0.1) is 23.2 Å². The Hall–Kier alpha value is -6.59. The number of nitrogens with zero attached hydrogens (tertiary/aromatic N) is 1. The minimum absolute atomic E-state index is 0.165. The van der Waals surface area contributed by atoms with E-state index in [1.807, 2.05) is 170 Å². The Labute approximate surface area is 432 Å². The standard InChI is InChI=1S/C26H22O4.C23H20O3.C6H15N.C3H3ClO.CH2Cl2/c1-2-26(27)30-21(17-28-24-15-7-11-19-9-3-5-13-22(19)24)18-29-25-16-8-12-20-10-4-6-14-23(20)25;24-19(15-25-22-13-5-9-17-7-1-3-11-20(17)22)16-26-23-14-6-10-18-8-2-4-12-21(18)23;1-4-7(5-2)6-3;1-2-3(4)5;2-1-3/h2-16,21H,1,17-18H2;1-14,19,24H,15-16H2;4-6H2,1-3H3;2H,1H2;1H2. The van der Waals surface area contributed by atoms with Crippen molar-refractivity contribution in [3.05, 3.63) is 195 Å². The molecule has 0 aliphatic carbocycles. The lowest BCUT2D eigenvalue weighted by Crippen LogP contribution is -2.30. The number of rotatable bonds is 18. The van der Waals surface area contributed by atoms with E-state index in [0.717, 1.165) is 78.2 Å². The number of fused-ring (bicyclic) bond motifs is 4. The van der Waals surface area contributed by atoms with E-state index >= 15 is 0 Å². The van der Waals surface area contributed by atoms with E-state index < -0.39 is 23.4 Å². The number of esters is 1. The van der Waals surface area contributed by atoms with Crippen LogP contribution < -0.4 is 18.9 Å². The zero-order chi connectivity index (χ0) is 51.2. The third-order valence-electron chi connectivity index (χ3n) is 10.7. The summed E-state index contributed by atoms with van der Waals surface area (Å²) in [5, 5.41) is 18.4. The van der Waals surface area contributed by atoms with Gasteiger partial charge in [0.1, 0.15) is 55.5 Å². The highest BCUT2D eigenvalue weighted by atomic mass is 35.5. The zero-order valence-electron chi connectivity index (χ0n) is 40.4. The molecule has 0 fully saturated rings. The Balaban J connectivity index is 0.000000242. The molecule has 0 saturated carbocycles. The molecule has 8 aromatic rings. The first-order valence-corrected chi connectivity index (χ1v) is 24.6. The SMILES string of the molecule is C=CC(=O)Cl.C=CC(=O)OC(COc1cccc2ccccc12)COc1cccc2ccccc12.CCN(CC)CC.ClCCl.OC(COc1cccc2ccccc12)COc1cccc2ccccc12. The second-order valence-corrected chi connectivity index (χ2v) is 16.5. The van der Waals surface area contributed by atoms with Crippen molar-refractivity contribution in [3.63, 3.8) is 0 Å². The molecule has 0 heterocycles. The molecule has 0 amide bonds. The van der Waals surface area contributed by atoms with Crippen molar-refractivity contribution < 1.29 is 38.4 Å². The largest absolute Gasteiger partial charge is 0.490 e. The van der Waals surface area contributed by atoms with E-state index in [0.29, 0.717) is 0 Å². The number of carbonyl (C=O) groups excluding carboxylic acids is 2. The van der Waals surface area contributed by atoms with E-state index in [4.69, 9.17) is 58.5 Å². The van der Waals surface area contributed by atoms with Crippen LogP contribution in [0.25, 0.3) is 43.1 Å². The van der Waals surface area contributed by atoms with Crippen LogP contribution in [-0.2, 0) is 14.3 Å². The summed E-state index contributed by atoms with van der Waals surface area (Å²) in [6.07, 6.45) is 0.881. The summed E-state index contributed by atoms with van der Waals surface area (Å²) >= 11 is 14.2.